The largest absolute Gasteiger partial charge is 0.367 e. The molecule has 104 valence electrons. The molecule has 1 unspecified atom stereocenters. The number of hydrogen-bond acceptors (Lipinski definition) is 4. The maximum absolute atomic E-state index is 4.33. The maximum Gasteiger partial charge on any atom is 0.163 e. The maximum atomic E-state index is 4.33. The number of aryl methyl sites for hydroxylation is 1. The Morgan fingerprint density at radius 2 is 2.00 bits per heavy atom. The van der Waals surface area contributed by atoms with Gasteiger partial charge in [0.1, 0.15) is 12.1 Å². The lowest BCUT2D eigenvalue weighted by Crippen LogP contribution is -2.16. The molecular weight excluding hydrogens is 238 g/mol. The van der Waals surface area contributed by atoms with E-state index in [-0.39, 0.29) is 0 Å². The molecule has 0 aliphatic rings. The molecule has 0 spiro atoms. The van der Waals surface area contributed by atoms with Crippen LogP contribution in [0.2, 0.25) is 0 Å². The minimum Gasteiger partial charge on any atom is -0.367 e. The second-order valence-corrected chi connectivity index (χ2v) is 5.60. The summed E-state index contributed by atoms with van der Waals surface area (Å²) in [5, 5.41) is 8.68. The van der Waals surface area contributed by atoms with E-state index in [2.05, 4.69) is 41.2 Å². The number of hydrogen-bond donors (Lipinski definition) is 1. The molecule has 0 bridgehead atoms. The van der Waals surface area contributed by atoms with Crippen LogP contribution in [0.1, 0.15) is 40.0 Å². The van der Waals surface area contributed by atoms with Crippen molar-refractivity contribution >= 4 is 16.9 Å². The Morgan fingerprint density at radius 3 is 2.74 bits per heavy atom. The van der Waals surface area contributed by atoms with Crippen LogP contribution in [0.15, 0.2) is 12.5 Å². The van der Waals surface area contributed by atoms with E-state index in [1.54, 1.807) is 11.0 Å². The van der Waals surface area contributed by atoms with E-state index < -0.39 is 0 Å². The summed E-state index contributed by atoms with van der Waals surface area (Å²) in [6.45, 7) is 6.73. The van der Waals surface area contributed by atoms with Gasteiger partial charge in [-0.2, -0.15) is 5.10 Å². The van der Waals surface area contributed by atoms with Gasteiger partial charge >= 0.3 is 0 Å². The lowest BCUT2D eigenvalue weighted by Gasteiger charge is -2.15. The normalized spacial score (nSPS) is 13.1. The van der Waals surface area contributed by atoms with E-state index >= 15 is 0 Å². The Balaban J connectivity index is 2.01. The van der Waals surface area contributed by atoms with Crippen molar-refractivity contribution in [2.45, 2.75) is 46.1 Å². The van der Waals surface area contributed by atoms with Crippen LogP contribution in [0.5, 0.6) is 0 Å². The van der Waals surface area contributed by atoms with E-state index in [9.17, 15) is 0 Å². The molecule has 19 heavy (non-hydrogen) atoms. The zero-order valence-electron chi connectivity index (χ0n) is 12.2. The number of nitrogens with one attached hydrogen (secondary N) is 1. The van der Waals surface area contributed by atoms with Crippen molar-refractivity contribution in [1.82, 2.24) is 19.7 Å². The molecular formula is C14H23N5. The third kappa shape index (κ3) is 3.43. The van der Waals surface area contributed by atoms with Crippen LogP contribution in [0.4, 0.5) is 5.82 Å². The summed E-state index contributed by atoms with van der Waals surface area (Å²) in [6.07, 6.45) is 7.08. The second kappa shape index (κ2) is 5.99. The molecule has 5 nitrogen and oxygen atoms in total. The molecule has 2 heterocycles. The predicted molar refractivity (Wildman–Crippen MR) is 78.1 cm³/mol. The summed E-state index contributed by atoms with van der Waals surface area (Å²) in [5.41, 5.74) is 0.867. The molecule has 0 aromatic carbocycles. The number of fused-ring (bicyclic) bond motifs is 1. The van der Waals surface area contributed by atoms with Crippen LogP contribution in [0.25, 0.3) is 11.0 Å². The van der Waals surface area contributed by atoms with Gasteiger partial charge in [0.2, 0.25) is 0 Å². The van der Waals surface area contributed by atoms with Crippen molar-refractivity contribution in [2.75, 3.05) is 5.32 Å². The van der Waals surface area contributed by atoms with Gasteiger partial charge in [0.25, 0.3) is 0 Å². The molecule has 0 fully saturated rings. The van der Waals surface area contributed by atoms with Gasteiger partial charge < -0.3 is 5.32 Å². The SMILES string of the molecule is CC(C)CCCC(C)Nc1ncnc2c1cnn2C. The van der Waals surface area contributed by atoms with Crippen molar-refractivity contribution in [3.8, 4) is 0 Å². The summed E-state index contributed by atoms with van der Waals surface area (Å²) in [7, 11) is 1.89. The summed E-state index contributed by atoms with van der Waals surface area (Å²) < 4.78 is 1.77. The van der Waals surface area contributed by atoms with Crippen molar-refractivity contribution in [3.63, 3.8) is 0 Å². The summed E-state index contributed by atoms with van der Waals surface area (Å²) in [4.78, 5) is 8.57. The standard InChI is InChI=1S/C14H23N5/c1-10(2)6-5-7-11(3)18-13-12-8-17-19(4)14(12)16-9-15-13/h8-11H,5-7H2,1-4H3,(H,15,16,18). The molecule has 0 amide bonds. The quantitative estimate of drug-likeness (QED) is 0.868. The highest BCUT2D eigenvalue weighted by atomic mass is 15.3. The van der Waals surface area contributed by atoms with Crippen LogP contribution in [0, 0.1) is 5.92 Å². The van der Waals surface area contributed by atoms with Gasteiger partial charge in [0.15, 0.2) is 5.65 Å². The molecule has 1 N–H and O–H groups in total. The van der Waals surface area contributed by atoms with E-state index in [0.29, 0.717) is 6.04 Å². The Morgan fingerprint density at radius 1 is 1.21 bits per heavy atom. The Labute approximate surface area is 114 Å². The number of rotatable bonds is 6. The first-order chi connectivity index (χ1) is 9.08. The van der Waals surface area contributed by atoms with E-state index in [4.69, 9.17) is 0 Å². The van der Waals surface area contributed by atoms with Gasteiger partial charge in [-0.05, 0) is 19.3 Å². The van der Waals surface area contributed by atoms with Crippen LogP contribution in [-0.2, 0) is 7.05 Å². The summed E-state index contributed by atoms with van der Waals surface area (Å²) in [6, 6.07) is 0.414. The lowest BCUT2D eigenvalue weighted by atomic mass is 10.0. The fraction of sp³-hybridized carbons (Fsp3) is 0.643. The van der Waals surface area contributed by atoms with Crippen molar-refractivity contribution in [2.24, 2.45) is 13.0 Å². The molecule has 0 saturated heterocycles. The van der Waals surface area contributed by atoms with E-state index in [1.807, 2.05) is 13.2 Å². The first-order valence-electron chi connectivity index (χ1n) is 6.97. The van der Waals surface area contributed by atoms with Crippen molar-refractivity contribution in [1.29, 1.82) is 0 Å². The molecule has 2 aromatic rings. The highest BCUT2D eigenvalue weighted by Crippen LogP contribution is 2.19. The lowest BCUT2D eigenvalue weighted by molar-refractivity contribution is 0.520. The topological polar surface area (TPSA) is 55.6 Å². The van der Waals surface area contributed by atoms with Gasteiger partial charge in [-0.3, -0.25) is 4.68 Å². The first-order valence-corrected chi connectivity index (χ1v) is 6.97. The second-order valence-electron chi connectivity index (χ2n) is 5.60. The minimum atomic E-state index is 0.414. The molecule has 0 aliphatic carbocycles. The van der Waals surface area contributed by atoms with E-state index in [0.717, 1.165) is 29.2 Å². The highest BCUT2D eigenvalue weighted by Gasteiger charge is 2.10. The predicted octanol–water partition coefficient (Wildman–Crippen LogP) is 2.99. The zero-order valence-corrected chi connectivity index (χ0v) is 12.2. The molecule has 2 aromatic heterocycles. The van der Waals surface area contributed by atoms with Gasteiger partial charge in [0.05, 0.1) is 11.6 Å². The van der Waals surface area contributed by atoms with Crippen LogP contribution >= 0.6 is 0 Å². The van der Waals surface area contributed by atoms with Gasteiger partial charge in [-0.25, -0.2) is 9.97 Å². The molecule has 2 rings (SSSR count). The fourth-order valence-corrected chi connectivity index (χ4v) is 2.21. The van der Waals surface area contributed by atoms with Gasteiger partial charge in [-0.1, -0.05) is 26.7 Å². The first kappa shape index (κ1) is 13.8. The van der Waals surface area contributed by atoms with Crippen LogP contribution in [0.3, 0.4) is 0 Å². The third-order valence-electron chi connectivity index (χ3n) is 3.33. The Bertz CT molecular complexity index is 532. The number of anilines is 1. The third-order valence-corrected chi connectivity index (χ3v) is 3.33. The van der Waals surface area contributed by atoms with E-state index in [1.165, 1.54) is 12.8 Å². The number of nitrogens with zero attached hydrogens (tertiary/aromatic N) is 4. The smallest absolute Gasteiger partial charge is 0.163 e. The van der Waals surface area contributed by atoms with Crippen molar-refractivity contribution in [3.05, 3.63) is 12.5 Å². The molecule has 0 radical (unpaired) electrons. The highest BCUT2D eigenvalue weighted by molar-refractivity contribution is 5.86. The summed E-state index contributed by atoms with van der Waals surface area (Å²) >= 11 is 0. The Kier molecular flexibility index (Phi) is 4.35. The molecule has 0 aliphatic heterocycles. The van der Waals surface area contributed by atoms with Crippen molar-refractivity contribution < 1.29 is 0 Å². The van der Waals surface area contributed by atoms with Gasteiger partial charge in [-0.15, -0.1) is 0 Å². The minimum absolute atomic E-state index is 0.414. The van der Waals surface area contributed by atoms with Crippen LogP contribution < -0.4 is 5.32 Å². The van der Waals surface area contributed by atoms with Crippen LogP contribution in [-0.4, -0.2) is 25.8 Å². The fourth-order valence-electron chi connectivity index (χ4n) is 2.21. The molecule has 0 saturated carbocycles. The van der Waals surface area contributed by atoms with Gasteiger partial charge in [0, 0.05) is 13.1 Å². The number of aromatic nitrogens is 4. The average molecular weight is 261 g/mol. The Hall–Kier alpha value is -1.65. The monoisotopic (exact) mass is 261 g/mol. The summed E-state index contributed by atoms with van der Waals surface area (Å²) in [5.74, 6) is 1.66. The average Bonchev–Trinajstić information content (AvgIpc) is 2.72. The molecule has 5 heteroatoms. The zero-order chi connectivity index (χ0) is 13.8. The molecule has 1 atom stereocenters.